The maximum Gasteiger partial charge on any atom is 0.331 e. The standard InChI is InChI=1S/C29H42O12/c1-26-5-3-16-17(29(26,38)10-18(32)21(26)14-8-20(33)39-12-14)4-7-28(37)9-15(2-6-27(16,28)13-31)40-25-24(36)23(35)22(34)19(11-30)41-25/h8,13,15-19,21-25,30,32,34-38H,2-7,9-12H2,1H3. The first-order valence-corrected chi connectivity index (χ1v) is 14.8. The number of carbonyl (C=O) groups excluding carboxylic acids is 2. The van der Waals surface area contributed by atoms with Crippen LogP contribution in [0.4, 0.5) is 0 Å². The second-order valence-electron chi connectivity index (χ2n) is 13.6. The molecule has 6 rings (SSSR count). The Morgan fingerprint density at radius 2 is 1.73 bits per heavy atom. The molecule has 7 N–H and O–H groups in total. The predicted octanol–water partition coefficient (Wildman–Crippen LogP) is -1.31. The van der Waals surface area contributed by atoms with Crippen molar-refractivity contribution in [2.75, 3.05) is 13.2 Å². The van der Waals surface area contributed by atoms with Crippen LogP contribution in [0.5, 0.6) is 0 Å². The minimum absolute atomic E-state index is 0.0667. The molecule has 0 spiro atoms. The number of ether oxygens (including phenoxy) is 3. The monoisotopic (exact) mass is 582 g/mol. The lowest BCUT2D eigenvalue weighted by atomic mass is 9.41. The van der Waals surface area contributed by atoms with Gasteiger partial charge in [-0.1, -0.05) is 6.92 Å². The van der Waals surface area contributed by atoms with Gasteiger partial charge in [-0.05, 0) is 55.9 Å². The van der Waals surface area contributed by atoms with Crippen molar-refractivity contribution in [2.45, 2.75) is 112 Å². The molecule has 0 amide bonds. The Morgan fingerprint density at radius 3 is 2.39 bits per heavy atom. The van der Waals surface area contributed by atoms with Gasteiger partial charge in [-0.3, -0.25) is 0 Å². The predicted molar refractivity (Wildman–Crippen MR) is 138 cm³/mol. The van der Waals surface area contributed by atoms with Crippen LogP contribution >= 0.6 is 0 Å². The molecule has 12 nitrogen and oxygen atoms in total. The van der Waals surface area contributed by atoms with E-state index in [2.05, 4.69) is 0 Å². The zero-order valence-corrected chi connectivity index (χ0v) is 23.2. The van der Waals surface area contributed by atoms with E-state index in [0.717, 1.165) is 6.29 Å². The topological polar surface area (TPSA) is 203 Å². The number of aldehydes is 1. The van der Waals surface area contributed by atoms with E-state index in [-0.39, 0.29) is 44.1 Å². The molecule has 14 atom stereocenters. The van der Waals surface area contributed by atoms with Crippen molar-refractivity contribution in [2.24, 2.45) is 28.6 Å². The summed E-state index contributed by atoms with van der Waals surface area (Å²) in [5, 5.41) is 75.8. The summed E-state index contributed by atoms with van der Waals surface area (Å²) in [6.07, 6.45) is -3.93. The average molecular weight is 583 g/mol. The minimum Gasteiger partial charge on any atom is -0.458 e. The van der Waals surface area contributed by atoms with Crippen LogP contribution in [-0.4, -0.2) is 115 Å². The molecule has 4 aliphatic carbocycles. The van der Waals surface area contributed by atoms with Gasteiger partial charge < -0.3 is 54.8 Å². The molecule has 2 aliphatic heterocycles. The maximum absolute atomic E-state index is 13.0. The fourth-order valence-electron chi connectivity index (χ4n) is 9.88. The number of cyclic esters (lactones) is 1. The summed E-state index contributed by atoms with van der Waals surface area (Å²) in [7, 11) is 0. The van der Waals surface area contributed by atoms with Gasteiger partial charge in [0.25, 0.3) is 0 Å². The summed E-state index contributed by atoms with van der Waals surface area (Å²) in [6.45, 7) is 1.45. The van der Waals surface area contributed by atoms with Crippen molar-refractivity contribution >= 4 is 12.3 Å². The molecule has 0 aromatic carbocycles. The van der Waals surface area contributed by atoms with Gasteiger partial charge in [-0.2, -0.15) is 0 Å². The first-order chi connectivity index (χ1) is 19.3. The van der Waals surface area contributed by atoms with E-state index in [1.165, 1.54) is 6.08 Å². The molecule has 14 unspecified atom stereocenters. The lowest BCUT2D eigenvalue weighted by Gasteiger charge is -2.65. The van der Waals surface area contributed by atoms with Crippen molar-refractivity contribution < 1.29 is 59.5 Å². The molecule has 6 aliphatic rings. The van der Waals surface area contributed by atoms with Crippen molar-refractivity contribution in [1.82, 2.24) is 0 Å². The molecule has 0 aromatic heterocycles. The molecule has 12 heteroatoms. The van der Waals surface area contributed by atoms with Gasteiger partial charge in [0.1, 0.15) is 37.3 Å². The highest BCUT2D eigenvalue weighted by Crippen LogP contribution is 2.70. The second kappa shape index (κ2) is 10.0. The fraction of sp³-hybridized carbons (Fsp3) is 0.862. The Kier molecular flexibility index (Phi) is 7.24. The van der Waals surface area contributed by atoms with E-state index < -0.39 is 83.4 Å². The highest BCUT2D eigenvalue weighted by Gasteiger charge is 2.73. The van der Waals surface area contributed by atoms with Crippen molar-refractivity contribution in [1.29, 1.82) is 0 Å². The first kappa shape index (κ1) is 29.6. The SMILES string of the molecule is CC12CCC3C(CCC4(O)CC(OC5OC(CO)C(O)C(O)C5O)CCC34C=O)C1(O)CC(O)C2C1=CC(=O)OC1. The molecule has 230 valence electrons. The van der Waals surface area contributed by atoms with Gasteiger partial charge in [0.15, 0.2) is 6.29 Å². The van der Waals surface area contributed by atoms with E-state index in [1.54, 1.807) is 0 Å². The van der Waals surface area contributed by atoms with Crippen molar-refractivity contribution in [3.63, 3.8) is 0 Å². The zero-order valence-electron chi connectivity index (χ0n) is 23.2. The van der Waals surface area contributed by atoms with Crippen LogP contribution in [0.2, 0.25) is 0 Å². The number of carbonyl (C=O) groups is 2. The lowest BCUT2D eigenvalue weighted by molar-refractivity contribution is -0.322. The Morgan fingerprint density at radius 1 is 1.00 bits per heavy atom. The van der Waals surface area contributed by atoms with E-state index in [0.29, 0.717) is 31.3 Å². The number of hydrogen-bond donors (Lipinski definition) is 7. The number of rotatable bonds is 5. The van der Waals surface area contributed by atoms with Crippen LogP contribution in [0.25, 0.3) is 0 Å². The number of hydrogen-bond acceptors (Lipinski definition) is 12. The molecular formula is C29H42O12. The summed E-state index contributed by atoms with van der Waals surface area (Å²) >= 11 is 0. The molecular weight excluding hydrogens is 540 g/mol. The molecule has 41 heavy (non-hydrogen) atoms. The lowest BCUT2D eigenvalue weighted by Crippen LogP contribution is -2.69. The molecule has 2 heterocycles. The molecule has 0 aromatic rings. The van der Waals surface area contributed by atoms with Gasteiger partial charge in [-0.25, -0.2) is 4.79 Å². The number of fused-ring (bicyclic) bond motifs is 5. The van der Waals surface area contributed by atoms with Crippen LogP contribution in [0.1, 0.15) is 58.3 Å². The Labute approximate surface area is 237 Å². The Bertz CT molecular complexity index is 1100. The summed E-state index contributed by atoms with van der Waals surface area (Å²) < 4.78 is 16.6. The summed E-state index contributed by atoms with van der Waals surface area (Å²) in [5.74, 6) is -1.60. The summed E-state index contributed by atoms with van der Waals surface area (Å²) in [6, 6.07) is 0. The average Bonchev–Trinajstić information content (AvgIpc) is 3.44. The molecule has 5 fully saturated rings. The summed E-state index contributed by atoms with van der Waals surface area (Å²) in [4.78, 5) is 24.8. The van der Waals surface area contributed by atoms with Crippen LogP contribution in [-0.2, 0) is 23.8 Å². The molecule has 1 saturated heterocycles. The quantitative estimate of drug-likeness (QED) is 0.115. The normalized spacial score (nSPS) is 54.9. The van der Waals surface area contributed by atoms with Gasteiger partial charge in [0.2, 0.25) is 0 Å². The first-order valence-electron chi connectivity index (χ1n) is 14.8. The summed E-state index contributed by atoms with van der Waals surface area (Å²) in [5.41, 5.74) is -3.98. The molecule has 0 radical (unpaired) electrons. The maximum atomic E-state index is 13.0. The Hall–Kier alpha value is -1.48. The van der Waals surface area contributed by atoms with Gasteiger partial charge in [-0.15, -0.1) is 0 Å². The Balaban J connectivity index is 1.23. The highest BCUT2D eigenvalue weighted by molar-refractivity contribution is 5.85. The third-order valence-electron chi connectivity index (χ3n) is 12.0. The molecule has 0 bridgehead atoms. The third-order valence-corrected chi connectivity index (χ3v) is 12.0. The van der Waals surface area contributed by atoms with Crippen molar-refractivity contribution in [3.05, 3.63) is 11.6 Å². The largest absolute Gasteiger partial charge is 0.458 e. The van der Waals surface area contributed by atoms with Gasteiger partial charge >= 0.3 is 5.97 Å². The van der Waals surface area contributed by atoms with E-state index in [4.69, 9.17) is 14.2 Å². The number of aliphatic hydroxyl groups excluding tert-OH is 5. The van der Waals surface area contributed by atoms with Crippen LogP contribution in [0.15, 0.2) is 11.6 Å². The van der Waals surface area contributed by atoms with E-state index in [1.807, 2.05) is 6.92 Å². The molecule has 4 saturated carbocycles. The smallest absolute Gasteiger partial charge is 0.331 e. The van der Waals surface area contributed by atoms with Gasteiger partial charge in [0.05, 0.1) is 35.4 Å². The highest BCUT2D eigenvalue weighted by atomic mass is 16.7. The van der Waals surface area contributed by atoms with E-state index in [9.17, 15) is 45.3 Å². The number of aliphatic hydroxyl groups is 7. The van der Waals surface area contributed by atoms with Crippen molar-refractivity contribution in [3.8, 4) is 0 Å². The zero-order chi connectivity index (χ0) is 29.5. The minimum atomic E-state index is -1.59. The fourth-order valence-corrected chi connectivity index (χ4v) is 9.88. The van der Waals surface area contributed by atoms with Gasteiger partial charge in [0, 0.05) is 30.3 Å². The van der Waals surface area contributed by atoms with Crippen LogP contribution in [0, 0.1) is 28.6 Å². The second-order valence-corrected chi connectivity index (χ2v) is 13.6. The number of esters is 1. The van der Waals surface area contributed by atoms with Crippen LogP contribution in [0.3, 0.4) is 0 Å². The van der Waals surface area contributed by atoms with E-state index >= 15 is 0 Å². The van der Waals surface area contributed by atoms with Crippen LogP contribution < -0.4 is 0 Å². The third kappa shape index (κ3) is 4.06.